The maximum atomic E-state index is 14.6. The third kappa shape index (κ3) is 13.4. The number of primary amides is 1. The normalized spacial score (nSPS) is 15.9. The first kappa shape index (κ1) is 45.9. The van der Waals surface area contributed by atoms with Crippen LogP contribution in [-0.2, 0) is 14.4 Å². The first-order chi connectivity index (χ1) is 28.4. The maximum Gasteiger partial charge on any atom is 0.277 e. The van der Waals surface area contributed by atoms with Gasteiger partial charge in [-0.1, -0.05) is 49.9 Å². The Hall–Kier alpha value is -4.14. The number of halogens is 4. The average Bonchev–Trinajstić information content (AvgIpc) is 3.83. The molecule has 2 unspecified atom stereocenters. The van der Waals surface area contributed by atoms with Crippen LogP contribution in [0.3, 0.4) is 0 Å². The molecule has 3 amide bonds. The highest BCUT2D eigenvalue weighted by atomic mass is 127. The van der Waals surface area contributed by atoms with Gasteiger partial charge in [-0.05, 0) is 110 Å². The minimum absolute atomic E-state index is 0.108. The van der Waals surface area contributed by atoms with Crippen molar-refractivity contribution >= 4 is 63.0 Å². The van der Waals surface area contributed by atoms with Gasteiger partial charge in [0, 0.05) is 29.1 Å². The number of carbonyl (C=O) groups excluding carboxylic acids is 3. The first-order valence-corrected chi connectivity index (χ1v) is 21.7. The molecule has 4 aromatic rings. The van der Waals surface area contributed by atoms with Crippen molar-refractivity contribution in [2.24, 2.45) is 5.73 Å². The number of nitrogens with two attached hydrogens (primary N) is 1. The second-order valence-corrected chi connectivity index (χ2v) is 16.6. The van der Waals surface area contributed by atoms with Crippen LogP contribution < -0.4 is 27.2 Å². The van der Waals surface area contributed by atoms with Gasteiger partial charge in [-0.25, -0.2) is 23.6 Å². The van der Waals surface area contributed by atoms with Gasteiger partial charge in [-0.3, -0.25) is 24.1 Å². The van der Waals surface area contributed by atoms with Crippen molar-refractivity contribution < 1.29 is 37.5 Å². The number of carbonyl (C=O) groups is 3. The Morgan fingerprint density at radius 1 is 0.966 bits per heavy atom. The number of hydrogen-bond acceptors (Lipinski definition) is 10. The van der Waals surface area contributed by atoms with Crippen molar-refractivity contribution in [1.29, 1.82) is 0 Å². The molecule has 1 aliphatic rings. The minimum Gasteiger partial charge on any atom is -0.392 e. The molecule has 0 radical (unpaired) electrons. The molecule has 5 rings (SSSR count). The summed E-state index contributed by atoms with van der Waals surface area (Å²) in [6.45, 7) is 4.43. The van der Waals surface area contributed by atoms with Gasteiger partial charge in [-0.2, -0.15) is 0 Å². The van der Waals surface area contributed by atoms with Gasteiger partial charge in [0.1, 0.15) is 5.82 Å². The zero-order chi connectivity index (χ0) is 42.3. The molecule has 0 bridgehead atoms. The lowest BCUT2D eigenvalue weighted by Gasteiger charge is -2.31. The number of thiazole rings is 1. The molecule has 1 saturated heterocycles. The Morgan fingerprint density at radius 3 is 2.37 bits per heavy atom. The van der Waals surface area contributed by atoms with Crippen LogP contribution >= 0.6 is 33.9 Å². The maximum absolute atomic E-state index is 14.6. The summed E-state index contributed by atoms with van der Waals surface area (Å²) in [6, 6.07) is 13.0. The van der Waals surface area contributed by atoms with E-state index in [1.807, 2.05) is 64.2 Å². The summed E-state index contributed by atoms with van der Waals surface area (Å²) in [5, 5.41) is 19.3. The van der Waals surface area contributed by atoms with Crippen molar-refractivity contribution in [3.05, 3.63) is 98.0 Å². The van der Waals surface area contributed by atoms with Crippen LogP contribution in [0.2, 0.25) is 0 Å². The van der Waals surface area contributed by atoms with E-state index >= 15 is 0 Å². The number of nitrogens with one attached hydrogen (secondary N) is 4. The zero-order valence-corrected chi connectivity index (χ0v) is 35.9. The molecule has 3 aromatic carbocycles. The lowest BCUT2D eigenvalue weighted by atomic mass is 9.98. The summed E-state index contributed by atoms with van der Waals surface area (Å²) < 4.78 is 43.6. The van der Waals surface area contributed by atoms with Gasteiger partial charge in [0.15, 0.2) is 11.6 Å². The number of aliphatic hydroxyl groups excluding tert-OH is 1. The molecule has 1 aromatic heterocycles. The molecule has 2 heterocycles. The summed E-state index contributed by atoms with van der Waals surface area (Å²) in [5.74, 6) is -4.62. The molecule has 59 heavy (non-hydrogen) atoms. The van der Waals surface area contributed by atoms with E-state index in [2.05, 4.69) is 26.4 Å². The van der Waals surface area contributed by atoms with Crippen LogP contribution in [-0.4, -0.2) is 77.6 Å². The molecular weight excluding hydrogens is 898 g/mol. The fraction of sp³-hybridized carbons (Fsp3) is 0.429. The van der Waals surface area contributed by atoms with Crippen LogP contribution in [0.15, 0.2) is 60.1 Å². The van der Waals surface area contributed by atoms with Crippen LogP contribution in [0.5, 0.6) is 0 Å². The predicted octanol–water partition coefficient (Wildman–Crippen LogP) is 7.03. The number of likely N-dealkylation sites (tertiary alicyclic amines) is 1. The summed E-state index contributed by atoms with van der Waals surface area (Å²) in [5.41, 5.74) is 11.8. The van der Waals surface area contributed by atoms with Gasteiger partial charge in [0.05, 0.1) is 51.8 Å². The van der Waals surface area contributed by atoms with Gasteiger partial charge >= 0.3 is 0 Å². The van der Waals surface area contributed by atoms with E-state index in [0.717, 1.165) is 78.9 Å². The highest BCUT2D eigenvalue weighted by molar-refractivity contribution is 14.1. The number of rotatable bonds is 23. The summed E-state index contributed by atoms with van der Waals surface area (Å²) >= 11 is 3.49. The number of nitrogens with zero attached hydrogens (tertiary/aromatic N) is 2. The van der Waals surface area contributed by atoms with Crippen molar-refractivity contribution in [1.82, 2.24) is 26.0 Å². The number of benzene rings is 3. The highest BCUT2D eigenvalue weighted by Gasteiger charge is 2.40. The third-order valence-electron chi connectivity index (χ3n) is 10.1. The number of β-amino-alcohol motifs (C(OH)–C–C–N with tert-alkyl or cyclic N) is 1. The van der Waals surface area contributed by atoms with E-state index in [1.54, 1.807) is 17.4 Å². The van der Waals surface area contributed by atoms with Crippen LogP contribution in [0.4, 0.5) is 24.5 Å². The Kier molecular flexibility index (Phi) is 17.9. The molecule has 1 fully saturated rings. The predicted molar refractivity (Wildman–Crippen MR) is 230 cm³/mol. The molecule has 7 N–H and O–H groups in total. The Morgan fingerprint density at radius 2 is 1.68 bits per heavy atom. The molecule has 17 heteroatoms. The van der Waals surface area contributed by atoms with E-state index in [9.17, 15) is 32.7 Å². The van der Waals surface area contributed by atoms with E-state index < -0.39 is 53.1 Å². The molecule has 3 atom stereocenters. The average molecular weight is 950 g/mol. The Labute approximate surface area is 360 Å². The van der Waals surface area contributed by atoms with E-state index in [1.165, 1.54) is 12.1 Å². The second kappa shape index (κ2) is 23.0. The smallest absolute Gasteiger partial charge is 0.277 e. The minimum atomic E-state index is -1.31. The lowest BCUT2D eigenvalue weighted by Crippen LogP contribution is -2.43. The lowest BCUT2D eigenvalue weighted by molar-refractivity contribution is -0.126. The summed E-state index contributed by atoms with van der Waals surface area (Å²) in [7, 11) is 0. The number of unbranched alkanes of at least 4 members (excludes halogenated alkanes) is 5. The van der Waals surface area contributed by atoms with E-state index in [4.69, 9.17) is 10.6 Å². The van der Waals surface area contributed by atoms with Crippen molar-refractivity contribution in [3.63, 3.8) is 0 Å². The van der Waals surface area contributed by atoms with Gasteiger partial charge in [-0.15, -0.1) is 11.3 Å². The Balaban J connectivity index is 0.927. The van der Waals surface area contributed by atoms with Crippen LogP contribution in [0, 0.1) is 27.9 Å². The van der Waals surface area contributed by atoms with Gasteiger partial charge in [0.2, 0.25) is 11.8 Å². The number of aliphatic hydroxyl groups is 1. The quantitative estimate of drug-likeness (QED) is 0.0260. The largest absolute Gasteiger partial charge is 0.392 e. The highest BCUT2D eigenvalue weighted by Crippen LogP contribution is 2.35. The number of aromatic nitrogens is 1. The number of amides is 3. The fourth-order valence-electron chi connectivity index (χ4n) is 7.04. The zero-order valence-electron chi connectivity index (χ0n) is 32.9. The molecule has 12 nitrogen and oxygen atoms in total. The molecule has 0 aliphatic carbocycles. The second-order valence-electron chi connectivity index (χ2n) is 14.5. The van der Waals surface area contributed by atoms with Gasteiger partial charge in [0.25, 0.3) is 5.91 Å². The number of hydroxylamine groups is 1. The van der Waals surface area contributed by atoms with Crippen molar-refractivity contribution in [2.45, 2.75) is 82.9 Å². The van der Waals surface area contributed by atoms with E-state index in [-0.39, 0.29) is 43.2 Å². The van der Waals surface area contributed by atoms with Crippen LogP contribution in [0.1, 0.15) is 85.4 Å². The topological polar surface area (TPSA) is 171 Å². The number of hydrogen-bond donors (Lipinski definition) is 6. The van der Waals surface area contributed by atoms with E-state index in [0.29, 0.717) is 23.1 Å². The number of aryl methyl sites for hydroxylation is 1. The van der Waals surface area contributed by atoms with Crippen molar-refractivity contribution in [3.8, 4) is 10.4 Å². The summed E-state index contributed by atoms with van der Waals surface area (Å²) in [6.07, 6.45) is 6.24. The molecule has 0 saturated carbocycles. The number of anilines is 2. The standard InChI is InChI=1S/C42H51F3IN7O5S/c1-26-40(59-25-50-26)28-11-9-27(10-12-28)35(53-24-30(54)22-36(53)41(47)56)23-37(55)49-19-7-5-3-2-4-6-17-48-18-8-20-58-52-42(57)31-14-15-32(43)38(45)39(31)51-34-16-13-29(46)21-33(34)44/h9-16,21,25,30,35-36,48,51,54H,2-8,17-20,22-24H2,1H3,(H2,47,56)(H,49,55)(H,52,57)/t30?,35-,36?/m0/s1. The first-order valence-electron chi connectivity index (χ1n) is 19.8. The molecule has 0 spiro atoms. The summed E-state index contributed by atoms with van der Waals surface area (Å²) in [4.78, 5) is 50.7. The molecule has 1 aliphatic heterocycles. The van der Waals surface area contributed by atoms with Crippen molar-refractivity contribution in [2.75, 3.05) is 38.1 Å². The SMILES string of the molecule is Cc1ncsc1-c1ccc([C@H](CC(=O)NCCCCCCCCNCCCONC(=O)c2ccc(F)c(F)c2Nc2ccc(I)cc2F)N2CC(O)CC2C(N)=O)cc1. The van der Waals surface area contributed by atoms with Gasteiger partial charge < -0.3 is 26.8 Å². The molecule has 318 valence electrons. The third-order valence-corrected chi connectivity index (χ3v) is 11.8. The fourth-order valence-corrected chi connectivity index (χ4v) is 8.30. The van der Waals surface area contributed by atoms with Crippen LogP contribution in [0.25, 0.3) is 10.4 Å². The monoisotopic (exact) mass is 949 g/mol. The Bertz CT molecular complexity index is 2020. The molecular formula is C42H51F3IN7O5S.